The fourth-order valence-corrected chi connectivity index (χ4v) is 2.66. The Bertz CT molecular complexity index is 990. The van der Waals surface area contributed by atoms with E-state index in [0.717, 1.165) is 5.56 Å². The third kappa shape index (κ3) is 6.58. The molecule has 2 aromatic carbocycles. The molecule has 0 fully saturated rings. The van der Waals surface area contributed by atoms with Gasteiger partial charge in [0, 0.05) is 27.1 Å². The summed E-state index contributed by atoms with van der Waals surface area (Å²) in [5, 5.41) is 9.96. The lowest BCUT2D eigenvalue weighted by atomic mass is 10.2. The number of anilines is 2. The van der Waals surface area contributed by atoms with Crippen LogP contribution in [0.25, 0.3) is 0 Å². The molecule has 0 aromatic heterocycles. The summed E-state index contributed by atoms with van der Waals surface area (Å²) in [5.74, 6) is -2.19. The molecule has 0 bridgehead atoms. The lowest BCUT2D eigenvalue weighted by Crippen LogP contribution is -2.33. The summed E-state index contributed by atoms with van der Waals surface area (Å²) in [6, 6.07) is 10.1. The molecule has 152 valence electrons. The summed E-state index contributed by atoms with van der Waals surface area (Å²) in [6.45, 7) is 5.12. The van der Waals surface area contributed by atoms with E-state index in [0.29, 0.717) is 32.7 Å². The molecule has 2 aromatic rings. The average Bonchev–Trinajstić information content (AvgIpc) is 2.66. The zero-order valence-electron chi connectivity index (χ0n) is 16.1. The zero-order chi connectivity index (χ0) is 21.6. The van der Waals surface area contributed by atoms with Crippen molar-refractivity contribution in [2.45, 2.75) is 27.2 Å². The van der Waals surface area contributed by atoms with Gasteiger partial charge in [0.25, 0.3) is 0 Å². The second-order valence-electron chi connectivity index (χ2n) is 6.34. The van der Waals surface area contributed by atoms with E-state index in [-0.39, 0.29) is 12.3 Å². The van der Waals surface area contributed by atoms with Crippen molar-refractivity contribution in [3.63, 3.8) is 0 Å². The van der Waals surface area contributed by atoms with E-state index < -0.39 is 11.8 Å². The molecule has 0 unspecified atom stereocenters. The van der Waals surface area contributed by atoms with E-state index in [9.17, 15) is 14.4 Å². The highest BCUT2D eigenvalue weighted by atomic mass is 35.5. The Hall–Kier alpha value is -2.90. The number of hydrogen-bond acceptors (Lipinski definition) is 4. The fourth-order valence-electron chi connectivity index (χ4n) is 2.31. The number of halogens is 2. The number of hydrogen-bond donors (Lipinski definition) is 3. The van der Waals surface area contributed by atoms with Crippen LogP contribution >= 0.6 is 23.2 Å². The third-order valence-electron chi connectivity index (χ3n) is 3.96. The lowest BCUT2D eigenvalue weighted by Gasteiger charge is -2.09. The summed E-state index contributed by atoms with van der Waals surface area (Å²) < 4.78 is 0. The summed E-state index contributed by atoms with van der Waals surface area (Å²) in [6.07, 6.45) is -0.0682. The van der Waals surface area contributed by atoms with Crippen LogP contribution in [0.5, 0.6) is 0 Å². The summed E-state index contributed by atoms with van der Waals surface area (Å²) in [5.41, 5.74) is 4.97. The van der Waals surface area contributed by atoms with Crippen molar-refractivity contribution in [3.05, 3.63) is 57.6 Å². The lowest BCUT2D eigenvalue weighted by molar-refractivity contribution is -0.136. The number of nitrogens with zero attached hydrogens (tertiary/aromatic N) is 1. The molecule has 9 heteroatoms. The van der Waals surface area contributed by atoms with Gasteiger partial charge >= 0.3 is 11.8 Å². The molecule has 0 spiro atoms. The number of hydrazone groups is 1. The molecule has 29 heavy (non-hydrogen) atoms. The van der Waals surface area contributed by atoms with Crippen LogP contribution in [0.2, 0.25) is 10.0 Å². The van der Waals surface area contributed by atoms with Crippen molar-refractivity contribution in [2.24, 2.45) is 5.10 Å². The largest absolute Gasteiger partial charge is 0.329 e. The van der Waals surface area contributed by atoms with Gasteiger partial charge in [-0.1, -0.05) is 35.3 Å². The van der Waals surface area contributed by atoms with Gasteiger partial charge in [0.15, 0.2) is 0 Å². The minimum Gasteiger partial charge on any atom is -0.325 e. The molecule has 3 amide bonds. The minimum atomic E-state index is -0.963. The summed E-state index contributed by atoms with van der Waals surface area (Å²) in [4.78, 5) is 36.1. The average molecular weight is 435 g/mol. The van der Waals surface area contributed by atoms with Gasteiger partial charge in [-0.05, 0) is 56.2 Å². The molecule has 0 atom stereocenters. The highest BCUT2D eigenvalue weighted by Crippen LogP contribution is 2.23. The predicted octanol–water partition coefficient (Wildman–Crippen LogP) is 4.07. The van der Waals surface area contributed by atoms with Crippen LogP contribution in [0.15, 0.2) is 41.5 Å². The van der Waals surface area contributed by atoms with Gasteiger partial charge in [0.1, 0.15) is 0 Å². The molecule has 0 saturated carbocycles. The standard InChI is InChI=1S/C20H20Cl2N4O3/c1-11-7-8-14(21)10-17(11)23-18(27)9-12(2)25-26-20(29)19(28)24-16-6-4-5-15(22)13(16)3/h4-8,10H,9H2,1-3H3,(H,23,27)(H,24,28)(H,26,29)/b25-12-. The first-order chi connectivity index (χ1) is 13.7. The van der Waals surface area contributed by atoms with Crippen molar-refractivity contribution in [2.75, 3.05) is 10.6 Å². The van der Waals surface area contributed by atoms with Crippen molar-refractivity contribution < 1.29 is 14.4 Å². The van der Waals surface area contributed by atoms with E-state index in [4.69, 9.17) is 23.2 Å². The monoisotopic (exact) mass is 434 g/mol. The fraction of sp³-hybridized carbons (Fsp3) is 0.200. The molecular formula is C20H20Cl2N4O3. The Morgan fingerprint density at radius 1 is 0.966 bits per heavy atom. The topological polar surface area (TPSA) is 99.7 Å². The number of aryl methyl sites for hydroxylation is 1. The third-order valence-corrected chi connectivity index (χ3v) is 4.61. The number of rotatable bonds is 5. The Balaban J connectivity index is 1.90. The molecule has 0 aliphatic rings. The second kappa shape index (κ2) is 10.0. The zero-order valence-corrected chi connectivity index (χ0v) is 17.6. The second-order valence-corrected chi connectivity index (χ2v) is 7.18. The maximum atomic E-state index is 12.1. The predicted molar refractivity (Wildman–Crippen MR) is 116 cm³/mol. The quantitative estimate of drug-likeness (QED) is 0.375. The number of benzene rings is 2. The Morgan fingerprint density at radius 3 is 2.41 bits per heavy atom. The van der Waals surface area contributed by atoms with Gasteiger partial charge in [0.05, 0.1) is 6.42 Å². The van der Waals surface area contributed by atoms with E-state index in [1.807, 2.05) is 6.92 Å². The van der Waals surface area contributed by atoms with Crippen LogP contribution in [0.4, 0.5) is 11.4 Å². The first kappa shape index (κ1) is 22.4. The van der Waals surface area contributed by atoms with Crippen molar-refractivity contribution in [1.29, 1.82) is 0 Å². The first-order valence-corrected chi connectivity index (χ1v) is 9.38. The van der Waals surface area contributed by atoms with Gasteiger partial charge in [0.2, 0.25) is 5.91 Å². The van der Waals surface area contributed by atoms with E-state index >= 15 is 0 Å². The summed E-state index contributed by atoms with van der Waals surface area (Å²) in [7, 11) is 0. The SMILES string of the molecule is C/C(CC(=O)Nc1cc(Cl)ccc1C)=N/NC(=O)C(=O)Nc1cccc(Cl)c1C. The molecule has 0 aliphatic heterocycles. The van der Waals surface area contributed by atoms with Gasteiger partial charge in [-0.25, -0.2) is 5.43 Å². The number of nitrogens with one attached hydrogen (secondary N) is 3. The maximum absolute atomic E-state index is 12.1. The van der Waals surface area contributed by atoms with Gasteiger partial charge in [-0.3, -0.25) is 14.4 Å². The smallest absolute Gasteiger partial charge is 0.325 e. The minimum absolute atomic E-state index is 0.0682. The van der Waals surface area contributed by atoms with E-state index in [1.165, 1.54) is 0 Å². The first-order valence-electron chi connectivity index (χ1n) is 8.63. The number of carbonyl (C=O) groups is 3. The van der Waals surface area contributed by atoms with Crippen LogP contribution in [-0.4, -0.2) is 23.4 Å². The van der Waals surface area contributed by atoms with Crippen molar-refractivity contribution in [3.8, 4) is 0 Å². The molecule has 0 radical (unpaired) electrons. The highest BCUT2D eigenvalue weighted by Gasteiger charge is 2.15. The number of amides is 3. The Kier molecular flexibility index (Phi) is 7.75. The summed E-state index contributed by atoms with van der Waals surface area (Å²) >= 11 is 11.9. The van der Waals surface area contributed by atoms with E-state index in [1.54, 1.807) is 50.2 Å². The van der Waals surface area contributed by atoms with Crippen LogP contribution < -0.4 is 16.1 Å². The Morgan fingerprint density at radius 2 is 1.69 bits per heavy atom. The van der Waals surface area contributed by atoms with Gasteiger partial charge < -0.3 is 10.6 Å². The normalized spacial score (nSPS) is 11.0. The van der Waals surface area contributed by atoms with Gasteiger partial charge in [-0.15, -0.1) is 0 Å². The van der Waals surface area contributed by atoms with Crippen molar-refractivity contribution >= 4 is 58.0 Å². The van der Waals surface area contributed by atoms with E-state index in [2.05, 4.69) is 21.2 Å². The Labute approximate surface area is 178 Å². The highest BCUT2D eigenvalue weighted by molar-refractivity contribution is 6.40. The molecule has 0 heterocycles. The molecule has 7 nitrogen and oxygen atoms in total. The van der Waals surface area contributed by atoms with Gasteiger partial charge in [-0.2, -0.15) is 5.10 Å². The number of carbonyl (C=O) groups excluding carboxylic acids is 3. The molecule has 3 N–H and O–H groups in total. The molecule has 2 rings (SSSR count). The van der Waals surface area contributed by atoms with Crippen LogP contribution in [-0.2, 0) is 14.4 Å². The van der Waals surface area contributed by atoms with Crippen LogP contribution in [0.1, 0.15) is 24.5 Å². The maximum Gasteiger partial charge on any atom is 0.329 e. The molecule has 0 aliphatic carbocycles. The van der Waals surface area contributed by atoms with Crippen LogP contribution in [0.3, 0.4) is 0 Å². The molecular weight excluding hydrogens is 415 g/mol. The van der Waals surface area contributed by atoms with Crippen LogP contribution in [0, 0.1) is 13.8 Å². The van der Waals surface area contributed by atoms with Crippen molar-refractivity contribution in [1.82, 2.24) is 5.43 Å². The molecule has 0 saturated heterocycles.